The summed E-state index contributed by atoms with van der Waals surface area (Å²) < 4.78 is 4.82. The van der Waals surface area contributed by atoms with Crippen molar-refractivity contribution >= 4 is 16.7 Å². The van der Waals surface area contributed by atoms with Crippen LogP contribution in [0, 0.1) is 28.4 Å². The molecule has 0 aliphatic carbocycles. The van der Waals surface area contributed by atoms with Gasteiger partial charge < -0.3 is 9.52 Å². The van der Waals surface area contributed by atoms with E-state index in [2.05, 4.69) is 0 Å². The first-order valence-corrected chi connectivity index (χ1v) is 4.80. The Labute approximate surface area is 99.6 Å². The van der Waals surface area contributed by atoms with Crippen LogP contribution in [0.3, 0.4) is 0 Å². The molecule has 1 aromatic carbocycles. The molecule has 0 saturated heterocycles. The fraction of sp³-hybridized carbons (Fsp3) is 0.0909. The van der Waals surface area contributed by atoms with Crippen LogP contribution < -0.4 is 5.63 Å². The second-order valence-corrected chi connectivity index (χ2v) is 3.60. The Morgan fingerprint density at radius 3 is 2.72 bits per heavy atom. The van der Waals surface area contributed by atoms with Crippen molar-refractivity contribution in [2.75, 3.05) is 0 Å². The van der Waals surface area contributed by atoms with Gasteiger partial charge >= 0.3 is 11.3 Å². The summed E-state index contributed by atoms with van der Waals surface area (Å²) in [6, 6.07) is 3.74. The van der Waals surface area contributed by atoms with Crippen LogP contribution in [0.2, 0.25) is 0 Å². The molecule has 1 N–H and O–H groups in total. The summed E-state index contributed by atoms with van der Waals surface area (Å²) in [5.41, 5.74) is -1.27. The maximum atomic E-state index is 11.4. The molecule has 0 saturated carbocycles. The van der Waals surface area contributed by atoms with Gasteiger partial charge in [0.05, 0.1) is 4.92 Å². The number of hydrogen-bond donors (Lipinski definition) is 1. The molecule has 1 heterocycles. The van der Waals surface area contributed by atoms with Crippen molar-refractivity contribution in [1.29, 1.82) is 5.26 Å². The van der Waals surface area contributed by atoms with Crippen molar-refractivity contribution in [2.24, 2.45) is 0 Å². The maximum Gasteiger partial charge on any atom is 0.354 e. The topological polar surface area (TPSA) is 117 Å². The number of phenolic OH excluding ortho intramolecular Hbond substituents is 1. The van der Waals surface area contributed by atoms with Crippen LogP contribution in [-0.4, -0.2) is 10.0 Å². The van der Waals surface area contributed by atoms with E-state index in [0.29, 0.717) is 0 Å². The van der Waals surface area contributed by atoms with Crippen LogP contribution in [0.25, 0.3) is 11.0 Å². The van der Waals surface area contributed by atoms with Gasteiger partial charge in [-0.05, 0) is 12.5 Å². The van der Waals surface area contributed by atoms with E-state index in [1.807, 2.05) is 0 Å². The summed E-state index contributed by atoms with van der Waals surface area (Å²) in [6.45, 7) is 1.48. The van der Waals surface area contributed by atoms with Crippen molar-refractivity contribution in [3.8, 4) is 11.8 Å². The molecule has 7 nitrogen and oxygen atoms in total. The lowest BCUT2D eigenvalue weighted by molar-refractivity contribution is -0.385. The molecule has 0 aliphatic heterocycles. The van der Waals surface area contributed by atoms with Gasteiger partial charge in [-0.1, -0.05) is 0 Å². The molecule has 0 radical (unpaired) electrons. The van der Waals surface area contributed by atoms with E-state index in [-0.39, 0.29) is 22.1 Å². The smallest absolute Gasteiger partial charge is 0.354 e. The third kappa shape index (κ3) is 1.56. The van der Waals surface area contributed by atoms with Gasteiger partial charge in [0.2, 0.25) is 0 Å². The summed E-state index contributed by atoms with van der Waals surface area (Å²) in [5.74, 6) is -0.597. The molecule has 0 fully saturated rings. The van der Waals surface area contributed by atoms with Gasteiger partial charge in [0.1, 0.15) is 17.2 Å². The minimum atomic E-state index is -0.837. The highest BCUT2D eigenvalue weighted by Crippen LogP contribution is 2.32. The number of hydrogen-bond acceptors (Lipinski definition) is 6. The third-order valence-electron chi connectivity index (χ3n) is 2.57. The van der Waals surface area contributed by atoms with E-state index in [0.717, 1.165) is 12.1 Å². The van der Waals surface area contributed by atoms with Gasteiger partial charge in [-0.15, -0.1) is 0 Å². The lowest BCUT2D eigenvalue weighted by Crippen LogP contribution is -2.06. The number of nitrogens with zero attached hydrogens (tertiary/aromatic N) is 2. The highest BCUT2D eigenvalue weighted by molar-refractivity contribution is 5.86. The lowest BCUT2D eigenvalue weighted by atomic mass is 10.1. The molecule has 2 rings (SSSR count). The standard InChI is InChI=1S/C11H6N2O5/c1-5-6-2-8(13(16)17)9(14)3-10(6)18-11(15)7(5)4-12/h2-3,14H,1H3. The molecule has 0 spiro atoms. The summed E-state index contributed by atoms with van der Waals surface area (Å²) in [4.78, 5) is 21.3. The van der Waals surface area contributed by atoms with E-state index in [1.54, 1.807) is 6.07 Å². The average molecular weight is 246 g/mol. The normalized spacial score (nSPS) is 10.2. The molecule has 7 heteroatoms. The fourth-order valence-electron chi connectivity index (χ4n) is 1.65. The molecular weight excluding hydrogens is 240 g/mol. The van der Waals surface area contributed by atoms with Crippen molar-refractivity contribution in [3.05, 3.63) is 43.8 Å². The van der Waals surface area contributed by atoms with Crippen molar-refractivity contribution in [2.45, 2.75) is 6.92 Å². The highest BCUT2D eigenvalue weighted by Gasteiger charge is 2.19. The number of phenols is 1. The zero-order valence-electron chi connectivity index (χ0n) is 9.13. The van der Waals surface area contributed by atoms with Gasteiger partial charge in [0.15, 0.2) is 5.75 Å². The van der Waals surface area contributed by atoms with Gasteiger partial charge in [-0.2, -0.15) is 5.26 Å². The second-order valence-electron chi connectivity index (χ2n) is 3.60. The number of nitriles is 1. The summed E-state index contributed by atoms with van der Waals surface area (Å²) in [5, 5.41) is 29.1. The van der Waals surface area contributed by atoms with Crippen LogP contribution in [0.5, 0.6) is 5.75 Å². The SMILES string of the molecule is Cc1c(C#N)c(=O)oc2cc(O)c([N+](=O)[O-])cc12. The van der Waals surface area contributed by atoms with Crippen molar-refractivity contribution in [1.82, 2.24) is 0 Å². The Morgan fingerprint density at radius 2 is 2.17 bits per heavy atom. The number of aromatic hydroxyl groups is 1. The molecule has 0 unspecified atom stereocenters. The van der Waals surface area contributed by atoms with E-state index in [4.69, 9.17) is 9.68 Å². The summed E-state index contributed by atoms with van der Waals surface area (Å²) >= 11 is 0. The first kappa shape index (κ1) is 11.6. The molecule has 0 atom stereocenters. The highest BCUT2D eigenvalue weighted by atomic mass is 16.6. The zero-order valence-corrected chi connectivity index (χ0v) is 9.13. The largest absolute Gasteiger partial charge is 0.502 e. The predicted molar refractivity (Wildman–Crippen MR) is 60.3 cm³/mol. The van der Waals surface area contributed by atoms with Crippen LogP contribution in [0.4, 0.5) is 5.69 Å². The molecule has 0 bridgehead atoms. The number of aryl methyl sites for hydroxylation is 1. The number of nitro groups is 1. The quantitative estimate of drug-likeness (QED) is 0.463. The first-order chi connectivity index (χ1) is 8.45. The monoisotopic (exact) mass is 246 g/mol. The molecular formula is C11H6N2O5. The second kappa shape index (κ2) is 3.85. The van der Waals surface area contributed by atoms with Crippen LogP contribution in [0.1, 0.15) is 11.1 Å². The minimum absolute atomic E-state index is 0.000370. The predicted octanol–water partition coefficient (Wildman–Crippen LogP) is 1.59. The van der Waals surface area contributed by atoms with Crippen LogP contribution in [-0.2, 0) is 0 Å². The lowest BCUT2D eigenvalue weighted by Gasteiger charge is -2.03. The Hall–Kier alpha value is -2.88. The molecule has 0 amide bonds. The van der Waals surface area contributed by atoms with Gasteiger partial charge in [0, 0.05) is 17.5 Å². The summed E-state index contributed by atoms with van der Waals surface area (Å²) in [6.07, 6.45) is 0. The summed E-state index contributed by atoms with van der Waals surface area (Å²) in [7, 11) is 0. The number of fused-ring (bicyclic) bond motifs is 1. The molecule has 0 aliphatic rings. The Morgan fingerprint density at radius 1 is 1.50 bits per heavy atom. The van der Waals surface area contributed by atoms with Gasteiger partial charge in [0.25, 0.3) is 0 Å². The molecule has 1 aromatic heterocycles. The van der Waals surface area contributed by atoms with E-state index >= 15 is 0 Å². The molecule has 18 heavy (non-hydrogen) atoms. The van der Waals surface area contributed by atoms with Crippen LogP contribution >= 0.6 is 0 Å². The number of rotatable bonds is 1. The third-order valence-corrected chi connectivity index (χ3v) is 2.57. The number of nitro benzene ring substituents is 1. The zero-order chi connectivity index (χ0) is 13.4. The number of benzene rings is 1. The first-order valence-electron chi connectivity index (χ1n) is 4.80. The van der Waals surface area contributed by atoms with E-state index < -0.39 is 22.0 Å². The van der Waals surface area contributed by atoms with Gasteiger partial charge in [-0.25, -0.2) is 4.79 Å². The van der Waals surface area contributed by atoms with Crippen LogP contribution in [0.15, 0.2) is 21.3 Å². The maximum absolute atomic E-state index is 11.4. The Kier molecular flexibility index (Phi) is 2.48. The molecule has 2 aromatic rings. The van der Waals surface area contributed by atoms with Crippen molar-refractivity contribution < 1.29 is 14.4 Å². The Balaban J connectivity index is 2.97. The van der Waals surface area contributed by atoms with E-state index in [9.17, 15) is 20.0 Å². The average Bonchev–Trinajstić information content (AvgIpc) is 2.28. The molecule has 90 valence electrons. The van der Waals surface area contributed by atoms with Gasteiger partial charge in [-0.3, -0.25) is 10.1 Å². The van der Waals surface area contributed by atoms with E-state index in [1.165, 1.54) is 6.92 Å². The minimum Gasteiger partial charge on any atom is -0.502 e. The van der Waals surface area contributed by atoms with Crippen molar-refractivity contribution in [3.63, 3.8) is 0 Å². The fourth-order valence-corrected chi connectivity index (χ4v) is 1.65. The Bertz CT molecular complexity index is 770.